The van der Waals surface area contributed by atoms with Gasteiger partial charge >= 0.3 is 0 Å². The van der Waals surface area contributed by atoms with Gasteiger partial charge in [0.05, 0.1) is 13.2 Å². The Morgan fingerprint density at radius 2 is 1.75 bits per heavy atom. The lowest BCUT2D eigenvalue weighted by Crippen LogP contribution is -2.51. The summed E-state index contributed by atoms with van der Waals surface area (Å²) >= 11 is 5.80. The Bertz CT molecular complexity index is 425. The van der Waals surface area contributed by atoms with Crippen molar-refractivity contribution < 1.29 is 29.9 Å². The topological polar surface area (TPSA) is 99.4 Å². The van der Waals surface area contributed by atoms with Gasteiger partial charge in [-0.3, -0.25) is 0 Å². The van der Waals surface area contributed by atoms with E-state index in [-0.39, 0.29) is 6.61 Å². The number of hydrogen-bond donors (Lipinski definition) is 4. The van der Waals surface area contributed by atoms with E-state index >= 15 is 0 Å². The summed E-state index contributed by atoms with van der Waals surface area (Å²) in [5, 5.41) is 39.0. The third kappa shape index (κ3) is 3.48. The molecular weight excluding hydrogens is 288 g/mol. The van der Waals surface area contributed by atoms with Gasteiger partial charge in [-0.05, 0) is 12.1 Å². The summed E-state index contributed by atoms with van der Waals surface area (Å²) in [6.45, 7) is -0.720. The molecule has 0 radical (unpaired) electrons. The maximum absolute atomic E-state index is 9.85. The summed E-state index contributed by atoms with van der Waals surface area (Å²) in [6, 6.07) is 6.66. The first kappa shape index (κ1) is 15.7. The van der Waals surface area contributed by atoms with Crippen molar-refractivity contribution >= 4 is 11.6 Å². The normalized spacial score (nSPS) is 35.4. The van der Waals surface area contributed by atoms with Gasteiger partial charge in [-0.2, -0.15) is 0 Å². The average Bonchev–Trinajstić information content (AvgIpc) is 2.46. The first-order valence-electron chi connectivity index (χ1n) is 6.20. The molecule has 1 aliphatic rings. The molecule has 1 aliphatic heterocycles. The fourth-order valence-electron chi connectivity index (χ4n) is 1.96. The van der Waals surface area contributed by atoms with Crippen LogP contribution < -0.4 is 0 Å². The Kier molecular flexibility index (Phi) is 5.34. The summed E-state index contributed by atoms with van der Waals surface area (Å²) in [6.07, 6.45) is -6.06. The van der Waals surface area contributed by atoms with Crippen molar-refractivity contribution in [2.24, 2.45) is 0 Å². The van der Waals surface area contributed by atoms with Gasteiger partial charge in [0.1, 0.15) is 24.4 Å². The van der Waals surface area contributed by atoms with Gasteiger partial charge < -0.3 is 29.9 Å². The number of halogens is 1. The molecule has 2 rings (SSSR count). The van der Waals surface area contributed by atoms with Crippen LogP contribution in [0.2, 0.25) is 5.02 Å². The maximum atomic E-state index is 9.85. The van der Waals surface area contributed by atoms with Gasteiger partial charge in [-0.15, -0.1) is 0 Å². The molecule has 0 aromatic heterocycles. The monoisotopic (exact) mass is 304 g/mol. The van der Waals surface area contributed by atoms with E-state index in [0.717, 1.165) is 0 Å². The quantitative estimate of drug-likeness (QED) is 0.605. The summed E-state index contributed by atoms with van der Waals surface area (Å²) in [4.78, 5) is 0. The largest absolute Gasteiger partial charge is 0.394 e. The zero-order chi connectivity index (χ0) is 14.7. The van der Waals surface area contributed by atoms with Crippen LogP contribution in [0.5, 0.6) is 0 Å². The van der Waals surface area contributed by atoms with Gasteiger partial charge in [0.2, 0.25) is 0 Å². The summed E-state index contributed by atoms with van der Waals surface area (Å²) in [5.41, 5.74) is 0.628. The molecule has 112 valence electrons. The maximum Gasteiger partial charge on any atom is 0.184 e. The Morgan fingerprint density at radius 3 is 2.35 bits per heavy atom. The van der Waals surface area contributed by atoms with Gasteiger partial charge in [0.25, 0.3) is 0 Å². The third-order valence-electron chi connectivity index (χ3n) is 3.16. The van der Waals surface area contributed by atoms with Gasteiger partial charge in [-0.25, -0.2) is 0 Å². The van der Waals surface area contributed by atoms with Crippen molar-refractivity contribution in [1.82, 2.24) is 0 Å². The van der Waals surface area contributed by atoms with Crippen molar-refractivity contribution in [3.05, 3.63) is 34.9 Å². The zero-order valence-corrected chi connectivity index (χ0v) is 11.3. The number of aliphatic hydroxyl groups is 4. The molecule has 0 bridgehead atoms. The molecule has 20 heavy (non-hydrogen) atoms. The minimum atomic E-state index is -1.45. The lowest BCUT2D eigenvalue weighted by molar-refractivity contribution is -0.256. The molecule has 0 spiro atoms. The lowest BCUT2D eigenvalue weighted by Gasteiger charge is -2.34. The average molecular weight is 305 g/mol. The van der Waals surface area contributed by atoms with E-state index in [4.69, 9.17) is 21.1 Å². The highest BCUT2D eigenvalue weighted by molar-refractivity contribution is 6.30. The molecule has 6 nitrogen and oxygen atoms in total. The number of rotatable bonds is 2. The molecule has 4 N–H and O–H groups in total. The molecule has 1 fully saturated rings. The van der Waals surface area contributed by atoms with Crippen LogP contribution in [-0.4, -0.2) is 58.1 Å². The van der Waals surface area contributed by atoms with Crippen LogP contribution in [0.4, 0.5) is 0 Å². The summed E-state index contributed by atoms with van der Waals surface area (Å²) < 4.78 is 10.8. The molecule has 0 saturated carbocycles. The fourth-order valence-corrected chi connectivity index (χ4v) is 2.08. The Hall–Kier alpha value is -0.730. The Morgan fingerprint density at radius 1 is 1.10 bits per heavy atom. The molecule has 1 aromatic carbocycles. The number of aliphatic hydroxyl groups excluding tert-OH is 4. The Labute approximate surface area is 121 Å². The second-order valence-electron chi connectivity index (χ2n) is 4.62. The second-order valence-corrected chi connectivity index (χ2v) is 5.06. The molecular formula is C13H17ClO6. The van der Waals surface area contributed by atoms with E-state index < -0.39 is 37.3 Å². The smallest absolute Gasteiger partial charge is 0.184 e. The van der Waals surface area contributed by atoms with E-state index in [2.05, 4.69) is 0 Å². The van der Waals surface area contributed by atoms with Gasteiger partial charge in [-0.1, -0.05) is 23.7 Å². The van der Waals surface area contributed by atoms with Crippen LogP contribution >= 0.6 is 11.6 Å². The minimum Gasteiger partial charge on any atom is -0.394 e. The first-order chi connectivity index (χ1) is 9.52. The van der Waals surface area contributed by atoms with Crippen LogP contribution in [0.25, 0.3) is 0 Å². The lowest BCUT2D eigenvalue weighted by atomic mass is 10.0. The molecule has 1 saturated heterocycles. The number of benzene rings is 1. The molecule has 0 amide bonds. The SMILES string of the molecule is OC[C@H]1OC(c2ccc(Cl)cc2)OC[C@H](O)[C@@H](O)[C@@H]1O. The van der Waals surface area contributed by atoms with Crippen LogP contribution in [0.15, 0.2) is 24.3 Å². The number of hydrogen-bond acceptors (Lipinski definition) is 6. The van der Waals surface area contributed by atoms with Crippen molar-refractivity contribution in [3.8, 4) is 0 Å². The van der Waals surface area contributed by atoms with E-state index in [1.165, 1.54) is 0 Å². The van der Waals surface area contributed by atoms with E-state index in [9.17, 15) is 20.4 Å². The van der Waals surface area contributed by atoms with Crippen LogP contribution in [-0.2, 0) is 9.47 Å². The highest BCUT2D eigenvalue weighted by atomic mass is 35.5. The predicted octanol–water partition coefficient (Wildman–Crippen LogP) is -0.171. The van der Waals surface area contributed by atoms with E-state index in [0.29, 0.717) is 10.6 Å². The third-order valence-corrected chi connectivity index (χ3v) is 3.42. The van der Waals surface area contributed by atoms with Crippen molar-refractivity contribution in [3.63, 3.8) is 0 Å². The van der Waals surface area contributed by atoms with Crippen molar-refractivity contribution in [2.75, 3.05) is 13.2 Å². The van der Waals surface area contributed by atoms with Crippen LogP contribution in [0.1, 0.15) is 11.9 Å². The molecule has 7 heteroatoms. The minimum absolute atomic E-state index is 0.205. The van der Waals surface area contributed by atoms with Crippen LogP contribution in [0.3, 0.4) is 0 Å². The standard InChI is InChI=1S/C13H17ClO6/c14-8-3-1-7(2-4-8)13-19-6-9(16)11(17)12(18)10(5-15)20-13/h1-4,9-13,15-18H,5-6H2/t9-,10+,11+,12+,13?/m0/s1. The van der Waals surface area contributed by atoms with Gasteiger partial charge in [0, 0.05) is 10.6 Å². The summed E-state index contributed by atoms with van der Waals surface area (Å²) in [7, 11) is 0. The highest BCUT2D eigenvalue weighted by Crippen LogP contribution is 2.26. The molecule has 1 heterocycles. The summed E-state index contributed by atoms with van der Waals surface area (Å²) in [5.74, 6) is 0. The Balaban J connectivity index is 2.19. The predicted molar refractivity (Wildman–Crippen MR) is 70.1 cm³/mol. The van der Waals surface area contributed by atoms with Crippen molar-refractivity contribution in [1.29, 1.82) is 0 Å². The highest BCUT2D eigenvalue weighted by Gasteiger charge is 2.36. The fraction of sp³-hybridized carbons (Fsp3) is 0.538. The second kappa shape index (κ2) is 6.82. The van der Waals surface area contributed by atoms with Crippen LogP contribution in [0, 0.1) is 0 Å². The van der Waals surface area contributed by atoms with E-state index in [1.54, 1.807) is 24.3 Å². The zero-order valence-electron chi connectivity index (χ0n) is 10.6. The molecule has 1 unspecified atom stereocenters. The first-order valence-corrected chi connectivity index (χ1v) is 6.58. The van der Waals surface area contributed by atoms with Gasteiger partial charge in [0.15, 0.2) is 6.29 Å². The molecule has 0 aliphatic carbocycles. The van der Waals surface area contributed by atoms with E-state index in [1.807, 2.05) is 0 Å². The van der Waals surface area contributed by atoms with Crippen molar-refractivity contribution in [2.45, 2.75) is 30.7 Å². The number of ether oxygens (including phenoxy) is 2. The molecule has 5 atom stereocenters. The molecule has 1 aromatic rings.